The molecule has 1 aromatic heterocycles. The highest BCUT2D eigenvalue weighted by Gasteiger charge is 2.19. The lowest BCUT2D eigenvalue weighted by Crippen LogP contribution is -2.12. The summed E-state index contributed by atoms with van der Waals surface area (Å²) >= 11 is 1.15. The molecule has 1 N–H and O–H groups in total. The van der Waals surface area contributed by atoms with Gasteiger partial charge >= 0.3 is 5.69 Å². The normalized spacial score (nSPS) is 10.4. The molecule has 3 aromatic rings. The molecule has 8 nitrogen and oxygen atoms in total. The van der Waals surface area contributed by atoms with Crippen LogP contribution in [0.2, 0.25) is 0 Å². The van der Waals surface area contributed by atoms with E-state index in [9.17, 15) is 19.3 Å². The van der Waals surface area contributed by atoms with Gasteiger partial charge in [-0.3, -0.25) is 20.2 Å². The van der Waals surface area contributed by atoms with Crippen LogP contribution in [0.25, 0.3) is 11.3 Å². The lowest BCUT2D eigenvalue weighted by Gasteiger charge is -2.06. The predicted octanol–water partition coefficient (Wildman–Crippen LogP) is 4.52. The van der Waals surface area contributed by atoms with Crippen molar-refractivity contribution in [3.63, 3.8) is 0 Å². The summed E-state index contributed by atoms with van der Waals surface area (Å²) in [5.41, 5.74) is 0.793. The molecular weight excluding hydrogens is 401 g/mol. The van der Waals surface area contributed by atoms with Gasteiger partial charge < -0.3 is 9.47 Å². The first kappa shape index (κ1) is 20.2. The van der Waals surface area contributed by atoms with Gasteiger partial charge in [0.2, 0.25) is 0 Å². The number of anilines is 1. The fourth-order valence-corrected chi connectivity index (χ4v) is 3.25. The molecule has 2 aromatic carbocycles. The zero-order valence-corrected chi connectivity index (χ0v) is 16.3. The Labute approximate surface area is 169 Å². The van der Waals surface area contributed by atoms with Crippen LogP contribution in [-0.4, -0.2) is 29.5 Å². The summed E-state index contributed by atoms with van der Waals surface area (Å²) in [5.74, 6) is -0.870. The number of carbonyl (C=O) groups excluding carboxylic acids is 1. The molecule has 0 radical (unpaired) electrons. The maximum absolute atomic E-state index is 13.9. The zero-order chi connectivity index (χ0) is 21.0. The Kier molecular flexibility index (Phi) is 6.03. The van der Waals surface area contributed by atoms with Gasteiger partial charge in [-0.2, -0.15) is 0 Å². The van der Waals surface area contributed by atoms with E-state index in [4.69, 9.17) is 9.47 Å². The second kappa shape index (κ2) is 8.65. The van der Waals surface area contributed by atoms with Crippen LogP contribution in [0, 0.1) is 15.9 Å². The summed E-state index contributed by atoms with van der Waals surface area (Å²) in [7, 11) is 1.37. The molecule has 150 valence electrons. The van der Waals surface area contributed by atoms with E-state index < -0.39 is 16.6 Å². The minimum absolute atomic E-state index is 0.0899. The number of hydrogen-bond acceptors (Lipinski definition) is 7. The molecule has 0 unspecified atom stereocenters. The Morgan fingerprint density at radius 3 is 2.69 bits per heavy atom. The van der Waals surface area contributed by atoms with Gasteiger partial charge in [-0.25, -0.2) is 9.37 Å². The molecule has 0 spiro atoms. The van der Waals surface area contributed by atoms with Gasteiger partial charge in [0, 0.05) is 22.6 Å². The van der Waals surface area contributed by atoms with Crippen molar-refractivity contribution in [2.75, 3.05) is 19.0 Å². The first-order valence-corrected chi connectivity index (χ1v) is 9.33. The summed E-state index contributed by atoms with van der Waals surface area (Å²) in [5, 5.41) is 15.7. The van der Waals surface area contributed by atoms with Gasteiger partial charge in [0.15, 0.2) is 22.4 Å². The second-order valence-electron chi connectivity index (χ2n) is 5.71. The van der Waals surface area contributed by atoms with Crippen molar-refractivity contribution in [1.29, 1.82) is 0 Å². The summed E-state index contributed by atoms with van der Waals surface area (Å²) < 4.78 is 24.0. The molecule has 0 fully saturated rings. The van der Waals surface area contributed by atoms with E-state index in [1.807, 2.05) is 0 Å². The molecule has 1 heterocycles. The van der Waals surface area contributed by atoms with Crippen LogP contribution in [0.3, 0.4) is 0 Å². The van der Waals surface area contributed by atoms with Crippen molar-refractivity contribution in [2.45, 2.75) is 6.92 Å². The number of carbonyl (C=O) groups is 1. The van der Waals surface area contributed by atoms with Crippen LogP contribution >= 0.6 is 11.3 Å². The minimum atomic E-state index is -0.610. The highest BCUT2D eigenvalue weighted by molar-refractivity contribution is 7.14. The Morgan fingerprint density at radius 1 is 1.28 bits per heavy atom. The summed E-state index contributed by atoms with van der Waals surface area (Å²) in [6.45, 7) is 1.97. The number of amides is 1. The molecule has 3 rings (SSSR count). The number of halogens is 1. The van der Waals surface area contributed by atoms with Crippen LogP contribution in [-0.2, 0) is 0 Å². The van der Waals surface area contributed by atoms with E-state index in [0.717, 1.165) is 17.4 Å². The highest BCUT2D eigenvalue weighted by Crippen LogP contribution is 2.30. The second-order valence-corrected chi connectivity index (χ2v) is 6.57. The number of nitrogens with zero attached hydrogens (tertiary/aromatic N) is 2. The fraction of sp³-hybridized carbons (Fsp3) is 0.158. The SMILES string of the molecule is CCOc1ccc(C(=O)Nc2nc(-c3ccc(OC)c(F)c3)cs2)cc1[N+](=O)[O-]. The number of ether oxygens (including phenoxy) is 2. The molecule has 0 aliphatic heterocycles. The number of thiazole rings is 1. The van der Waals surface area contributed by atoms with Gasteiger partial charge in [0.25, 0.3) is 5.91 Å². The first-order valence-electron chi connectivity index (χ1n) is 8.45. The lowest BCUT2D eigenvalue weighted by molar-refractivity contribution is -0.385. The maximum Gasteiger partial charge on any atom is 0.311 e. The molecular formula is C19H16FN3O5S. The monoisotopic (exact) mass is 417 g/mol. The van der Waals surface area contributed by atoms with Crippen LogP contribution in [0.15, 0.2) is 41.8 Å². The quantitative estimate of drug-likeness (QED) is 0.448. The standard InChI is InChI=1S/C19H16FN3O5S/c1-3-28-17-7-5-12(9-15(17)23(25)26)18(24)22-19-21-14(10-29-19)11-4-6-16(27-2)13(20)8-11/h4-10H,3H2,1-2H3,(H,21,22,24). The van der Waals surface area contributed by atoms with Crippen molar-refractivity contribution in [3.8, 4) is 22.8 Å². The third-order valence-electron chi connectivity index (χ3n) is 3.89. The van der Waals surface area contributed by atoms with Crippen molar-refractivity contribution < 1.29 is 23.6 Å². The predicted molar refractivity (Wildman–Crippen MR) is 106 cm³/mol. The van der Waals surface area contributed by atoms with Gasteiger partial charge in [0.1, 0.15) is 0 Å². The summed E-state index contributed by atoms with van der Waals surface area (Å²) in [6.07, 6.45) is 0. The van der Waals surface area contributed by atoms with Gasteiger partial charge in [-0.15, -0.1) is 11.3 Å². The number of benzene rings is 2. The minimum Gasteiger partial charge on any atom is -0.494 e. The lowest BCUT2D eigenvalue weighted by atomic mass is 10.1. The number of aromatic nitrogens is 1. The van der Waals surface area contributed by atoms with E-state index in [0.29, 0.717) is 11.3 Å². The Bertz CT molecular complexity index is 1070. The van der Waals surface area contributed by atoms with Crippen LogP contribution < -0.4 is 14.8 Å². The average molecular weight is 417 g/mol. The molecule has 0 aliphatic carbocycles. The number of hydrogen-bond donors (Lipinski definition) is 1. The average Bonchev–Trinajstić information content (AvgIpc) is 3.16. The van der Waals surface area contributed by atoms with Gasteiger partial charge in [-0.1, -0.05) is 0 Å². The van der Waals surface area contributed by atoms with E-state index >= 15 is 0 Å². The maximum atomic E-state index is 13.9. The smallest absolute Gasteiger partial charge is 0.311 e. The highest BCUT2D eigenvalue weighted by atomic mass is 32.1. The largest absolute Gasteiger partial charge is 0.494 e. The van der Waals surface area contributed by atoms with Crippen molar-refractivity contribution >= 4 is 28.1 Å². The first-order chi connectivity index (χ1) is 13.9. The fourth-order valence-electron chi connectivity index (χ4n) is 2.54. The van der Waals surface area contributed by atoms with Crippen LogP contribution in [0.4, 0.5) is 15.2 Å². The molecule has 0 bridgehead atoms. The van der Waals surface area contributed by atoms with Crippen LogP contribution in [0.1, 0.15) is 17.3 Å². The molecule has 10 heteroatoms. The van der Waals surface area contributed by atoms with E-state index in [2.05, 4.69) is 10.3 Å². The number of nitrogens with one attached hydrogen (secondary N) is 1. The topological polar surface area (TPSA) is 104 Å². The molecule has 1 amide bonds. The van der Waals surface area contributed by atoms with Crippen molar-refractivity contribution in [3.05, 3.63) is 63.3 Å². The number of rotatable bonds is 7. The van der Waals surface area contributed by atoms with E-state index in [1.54, 1.807) is 18.4 Å². The van der Waals surface area contributed by atoms with Crippen LogP contribution in [0.5, 0.6) is 11.5 Å². The molecule has 0 saturated carbocycles. The van der Waals surface area contributed by atoms with E-state index in [1.165, 1.54) is 31.4 Å². The third-order valence-corrected chi connectivity index (χ3v) is 4.65. The Balaban J connectivity index is 1.79. The Hall–Kier alpha value is -3.53. The van der Waals surface area contributed by atoms with Crippen molar-refractivity contribution in [2.24, 2.45) is 0 Å². The number of nitro groups is 1. The number of nitro benzene ring substituents is 1. The Morgan fingerprint density at radius 2 is 2.03 bits per heavy atom. The molecule has 0 atom stereocenters. The van der Waals surface area contributed by atoms with Crippen molar-refractivity contribution in [1.82, 2.24) is 4.98 Å². The van der Waals surface area contributed by atoms with E-state index in [-0.39, 0.29) is 34.5 Å². The molecule has 29 heavy (non-hydrogen) atoms. The summed E-state index contributed by atoms with van der Waals surface area (Å²) in [6, 6.07) is 8.38. The van der Waals surface area contributed by atoms with Gasteiger partial charge in [-0.05, 0) is 37.3 Å². The third kappa shape index (κ3) is 4.49. The molecule has 0 saturated heterocycles. The summed E-state index contributed by atoms with van der Waals surface area (Å²) in [4.78, 5) is 27.3. The number of methoxy groups -OCH3 is 1. The molecule has 0 aliphatic rings. The zero-order valence-electron chi connectivity index (χ0n) is 15.5. The van der Waals surface area contributed by atoms with Gasteiger partial charge in [0.05, 0.1) is 24.3 Å².